The van der Waals surface area contributed by atoms with E-state index < -0.39 is 0 Å². The number of fused-ring (bicyclic) bond motifs is 2. The monoisotopic (exact) mass is 702 g/mol. The Morgan fingerprint density at radius 2 is 0.750 bits per heavy atom. The fourth-order valence-corrected chi connectivity index (χ4v) is 10.9. The molecule has 2 aromatic carbocycles. The van der Waals surface area contributed by atoms with Gasteiger partial charge >= 0.3 is 0 Å². The molecule has 0 unspecified atom stereocenters. The topological polar surface area (TPSA) is 58.5 Å². The van der Waals surface area contributed by atoms with Gasteiger partial charge in [-0.05, 0) is 98.5 Å². The third-order valence-electron chi connectivity index (χ3n) is 9.26. The lowest BCUT2D eigenvalue weighted by molar-refractivity contribution is 0.621. The summed E-state index contributed by atoms with van der Waals surface area (Å²) in [5.41, 5.74) is 5.99. The van der Waals surface area contributed by atoms with E-state index in [1.54, 1.807) is 22.7 Å². The molecule has 0 amide bonds. The van der Waals surface area contributed by atoms with Crippen LogP contribution in [0.3, 0.4) is 0 Å². The molecule has 10 rings (SSSR count). The summed E-state index contributed by atoms with van der Waals surface area (Å²) in [6, 6.07) is 30.4. The zero-order valence-corrected chi connectivity index (χ0v) is 29.2. The minimum absolute atomic E-state index is 0.694. The van der Waals surface area contributed by atoms with Crippen molar-refractivity contribution in [3.8, 4) is 50.8 Å². The number of rotatable bonds is 7. The summed E-state index contributed by atoms with van der Waals surface area (Å²) in [6.45, 7) is 4.47. The minimum atomic E-state index is 0.694. The van der Waals surface area contributed by atoms with Gasteiger partial charge in [0.15, 0.2) is 11.2 Å². The summed E-state index contributed by atoms with van der Waals surface area (Å²) in [5.74, 6) is 1.39. The number of anilines is 2. The summed E-state index contributed by atoms with van der Waals surface area (Å²) in [4.78, 5) is 24.1. The van der Waals surface area contributed by atoms with Gasteiger partial charge in [0.1, 0.15) is 11.0 Å². The maximum Gasteiger partial charge on any atom is 0.237 e. The van der Waals surface area contributed by atoms with Crippen LogP contribution in [0.1, 0.15) is 25.7 Å². The van der Waals surface area contributed by atoms with Gasteiger partial charge < -0.3 is 18.6 Å². The quantitative estimate of drug-likeness (QED) is 0.165. The van der Waals surface area contributed by atoms with E-state index in [1.165, 1.54) is 66.3 Å². The molecule has 0 radical (unpaired) electrons. The van der Waals surface area contributed by atoms with Crippen LogP contribution in [-0.2, 0) is 0 Å². The number of nitrogens with zero attached hydrogens (tertiary/aromatic N) is 4. The first kappa shape index (κ1) is 28.8. The fraction of sp³-hybridized carbons (Fsp3) is 0.211. The molecule has 48 heavy (non-hydrogen) atoms. The molecule has 2 aliphatic rings. The number of aromatic nitrogens is 2. The SMILES string of the molecule is c1cc2nc(-c3ccc(-c4ccc(-c5ccc(-c6ccc(-c7nc8ccc(N9CCCC9)cc8o7)s6)s5)s4)s3)oc2cc1N1CCCC1. The van der Waals surface area contributed by atoms with Gasteiger partial charge in [-0.3, -0.25) is 0 Å². The maximum atomic E-state index is 6.26. The lowest BCUT2D eigenvalue weighted by Crippen LogP contribution is -2.17. The van der Waals surface area contributed by atoms with Gasteiger partial charge in [0.25, 0.3) is 0 Å². The van der Waals surface area contributed by atoms with Crippen molar-refractivity contribution < 1.29 is 8.83 Å². The summed E-state index contributed by atoms with van der Waals surface area (Å²) in [7, 11) is 0. The van der Waals surface area contributed by atoms with Crippen LogP contribution in [0.4, 0.5) is 11.4 Å². The first-order valence-electron chi connectivity index (χ1n) is 16.4. The molecule has 10 heteroatoms. The standard InChI is InChI=1S/C38H30N4O2S4/c1-2-18-41(17-1)23-5-7-25-27(21-23)43-37(39-25)35-15-13-33(47-35)31-11-9-29(45-31)30-10-12-32(46-30)34-14-16-36(48-34)38-40-26-8-6-24(22-28(26)44-38)42-19-3-4-20-42/h5-16,21-22H,1-4,17-20H2. The van der Waals surface area contributed by atoms with E-state index in [2.05, 4.69) is 94.7 Å². The Morgan fingerprint density at radius 3 is 1.12 bits per heavy atom. The van der Waals surface area contributed by atoms with E-state index in [0.717, 1.165) is 58.1 Å². The minimum Gasteiger partial charge on any atom is -0.435 e. The van der Waals surface area contributed by atoms with E-state index in [-0.39, 0.29) is 0 Å². The molecule has 0 spiro atoms. The molecular formula is C38H30N4O2S4. The molecular weight excluding hydrogens is 673 g/mol. The molecule has 6 aromatic heterocycles. The third-order valence-corrected chi connectivity index (χ3v) is 14.2. The van der Waals surface area contributed by atoms with Crippen molar-refractivity contribution in [2.45, 2.75) is 25.7 Å². The molecule has 0 N–H and O–H groups in total. The first-order chi connectivity index (χ1) is 23.7. The second-order valence-corrected chi connectivity index (χ2v) is 16.7. The highest BCUT2D eigenvalue weighted by molar-refractivity contribution is 7.29. The highest BCUT2D eigenvalue weighted by Crippen LogP contribution is 2.45. The van der Waals surface area contributed by atoms with Crippen LogP contribution >= 0.6 is 45.3 Å². The van der Waals surface area contributed by atoms with Crippen LogP contribution in [-0.4, -0.2) is 36.1 Å². The third kappa shape index (κ3) is 5.18. The van der Waals surface area contributed by atoms with E-state index in [0.29, 0.717) is 11.8 Å². The Hall–Kier alpha value is -4.22. The molecule has 2 fully saturated rings. The van der Waals surface area contributed by atoms with Crippen LogP contribution < -0.4 is 9.80 Å². The normalized spacial score (nSPS) is 15.2. The summed E-state index contributed by atoms with van der Waals surface area (Å²) in [6.07, 6.45) is 5.03. The molecule has 0 atom stereocenters. The number of thiophene rings is 4. The summed E-state index contributed by atoms with van der Waals surface area (Å²) in [5, 5.41) is 0. The predicted octanol–water partition coefficient (Wildman–Crippen LogP) is 11.8. The van der Waals surface area contributed by atoms with Crippen molar-refractivity contribution in [3.63, 3.8) is 0 Å². The van der Waals surface area contributed by atoms with E-state index >= 15 is 0 Å². The number of hydrogen-bond acceptors (Lipinski definition) is 10. The molecule has 0 bridgehead atoms. The van der Waals surface area contributed by atoms with Crippen LogP contribution in [0, 0.1) is 0 Å². The summed E-state index contributed by atoms with van der Waals surface area (Å²) >= 11 is 7.13. The highest BCUT2D eigenvalue weighted by Gasteiger charge is 2.19. The van der Waals surface area contributed by atoms with Crippen molar-refractivity contribution in [3.05, 3.63) is 84.9 Å². The number of benzene rings is 2. The Balaban J connectivity index is 0.860. The lowest BCUT2D eigenvalue weighted by Gasteiger charge is -2.16. The smallest absolute Gasteiger partial charge is 0.237 e. The molecule has 0 saturated carbocycles. The zero-order chi connectivity index (χ0) is 31.6. The average molecular weight is 703 g/mol. The van der Waals surface area contributed by atoms with Gasteiger partial charge in [-0.25, -0.2) is 9.97 Å². The molecule has 0 aliphatic carbocycles. The Labute approximate surface area is 293 Å². The van der Waals surface area contributed by atoms with E-state index in [9.17, 15) is 0 Å². The van der Waals surface area contributed by atoms with Crippen LogP contribution in [0.15, 0.2) is 93.8 Å². The number of oxazole rings is 2. The Kier molecular flexibility index (Phi) is 7.03. The van der Waals surface area contributed by atoms with Crippen LogP contribution in [0.5, 0.6) is 0 Å². The largest absolute Gasteiger partial charge is 0.435 e. The molecule has 8 heterocycles. The Morgan fingerprint density at radius 1 is 0.417 bits per heavy atom. The lowest BCUT2D eigenvalue weighted by atomic mass is 10.2. The summed E-state index contributed by atoms with van der Waals surface area (Å²) < 4.78 is 12.5. The van der Waals surface area contributed by atoms with E-state index in [4.69, 9.17) is 18.8 Å². The average Bonchev–Trinajstić information content (AvgIpc) is 3.95. The van der Waals surface area contributed by atoms with Crippen molar-refractivity contribution in [1.82, 2.24) is 9.97 Å². The predicted molar refractivity (Wildman–Crippen MR) is 203 cm³/mol. The maximum absolute atomic E-state index is 6.26. The van der Waals surface area contributed by atoms with E-state index in [1.807, 2.05) is 22.7 Å². The van der Waals surface area contributed by atoms with Crippen LogP contribution in [0.2, 0.25) is 0 Å². The van der Waals surface area contributed by atoms with Gasteiger partial charge in [0, 0.05) is 78.9 Å². The van der Waals surface area contributed by atoms with Gasteiger partial charge in [-0.15, -0.1) is 45.3 Å². The first-order valence-corrected chi connectivity index (χ1v) is 19.7. The molecule has 238 valence electrons. The second-order valence-electron chi connectivity index (χ2n) is 12.4. The molecule has 6 nitrogen and oxygen atoms in total. The van der Waals surface area contributed by atoms with Gasteiger partial charge in [0.05, 0.1) is 9.75 Å². The zero-order valence-electron chi connectivity index (χ0n) is 26.0. The van der Waals surface area contributed by atoms with Crippen molar-refractivity contribution in [1.29, 1.82) is 0 Å². The Bertz CT molecular complexity index is 2240. The van der Waals surface area contributed by atoms with Crippen molar-refractivity contribution >= 4 is 78.9 Å². The fourth-order valence-electron chi connectivity index (χ4n) is 6.76. The van der Waals surface area contributed by atoms with Gasteiger partial charge in [-0.1, -0.05) is 0 Å². The molecule has 2 aliphatic heterocycles. The van der Waals surface area contributed by atoms with Crippen LogP contribution in [0.25, 0.3) is 73.0 Å². The van der Waals surface area contributed by atoms with Gasteiger partial charge in [-0.2, -0.15) is 0 Å². The molecule has 2 saturated heterocycles. The number of hydrogen-bond donors (Lipinski definition) is 0. The van der Waals surface area contributed by atoms with Crippen molar-refractivity contribution in [2.24, 2.45) is 0 Å². The van der Waals surface area contributed by atoms with Crippen molar-refractivity contribution in [2.75, 3.05) is 36.0 Å². The molecule has 8 aromatic rings. The highest BCUT2D eigenvalue weighted by atomic mass is 32.1. The second kappa shape index (κ2) is 11.7. The van der Waals surface area contributed by atoms with Gasteiger partial charge in [0.2, 0.25) is 11.8 Å².